The molecule has 0 aliphatic carbocycles. The highest BCUT2D eigenvalue weighted by atomic mass is 19.1. The second kappa shape index (κ2) is 6.88. The molecular formula is C18H18FN3O3. The number of nitro groups is 1. The second-order valence-electron chi connectivity index (χ2n) is 5.99. The van der Waals surface area contributed by atoms with Gasteiger partial charge in [-0.15, -0.1) is 0 Å². The Hall–Kier alpha value is -2.96. The smallest absolute Gasteiger partial charge is 0.292 e. The molecule has 0 aromatic heterocycles. The van der Waals surface area contributed by atoms with Crippen LogP contribution in [0.4, 0.5) is 15.8 Å². The van der Waals surface area contributed by atoms with Crippen molar-refractivity contribution in [3.63, 3.8) is 0 Å². The van der Waals surface area contributed by atoms with Gasteiger partial charge in [0.05, 0.1) is 4.92 Å². The quantitative estimate of drug-likeness (QED) is 0.635. The number of benzene rings is 2. The summed E-state index contributed by atoms with van der Waals surface area (Å²) < 4.78 is 13.7. The predicted molar refractivity (Wildman–Crippen MR) is 92.3 cm³/mol. The van der Waals surface area contributed by atoms with E-state index in [9.17, 15) is 19.3 Å². The Morgan fingerprint density at radius 3 is 2.44 bits per heavy atom. The summed E-state index contributed by atoms with van der Waals surface area (Å²) in [7, 11) is 0. The number of nitrogens with zero attached hydrogens (tertiary/aromatic N) is 3. The van der Waals surface area contributed by atoms with E-state index in [2.05, 4.69) is 0 Å². The van der Waals surface area contributed by atoms with E-state index >= 15 is 0 Å². The summed E-state index contributed by atoms with van der Waals surface area (Å²) in [6, 6.07) is 11.0. The molecule has 1 aliphatic rings. The first-order chi connectivity index (χ1) is 12.0. The number of rotatable bonds is 3. The zero-order chi connectivity index (χ0) is 18.0. The van der Waals surface area contributed by atoms with E-state index < -0.39 is 10.7 Å². The number of amides is 1. The number of halogens is 1. The van der Waals surface area contributed by atoms with Crippen molar-refractivity contribution in [1.82, 2.24) is 4.90 Å². The largest absolute Gasteiger partial charge is 0.362 e. The SMILES string of the molecule is Cc1ccc(C(=O)N2CCN(c3ccccc3[N+](=O)[O-])CC2)cc1F. The predicted octanol–water partition coefficient (Wildman–Crippen LogP) is 3.00. The van der Waals surface area contributed by atoms with Crippen LogP contribution in [0.3, 0.4) is 0 Å². The normalized spacial score (nSPS) is 14.5. The van der Waals surface area contributed by atoms with Gasteiger partial charge in [-0.25, -0.2) is 4.39 Å². The zero-order valence-corrected chi connectivity index (χ0v) is 13.8. The lowest BCUT2D eigenvalue weighted by molar-refractivity contribution is -0.384. The van der Waals surface area contributed by atoms with Gasteiger partial charge in [0, 0.05) is 37.8 Å². The van der Waals surface area contributed by atoms with Crippen LogP contribution in [0.15, 0.2) is 42.5 Å². The molecule has 0 spiro atoms. The highest BCUT2D eigenvalue weighted by Crippen LogP contribution is 2.28. The summed E-state index contributed by atoms with van der Waals surface area (Å²) in [6.07, 6.45) is 0. The maximum Gasteiger partial charge on any atom is 0.292 e. The lowest BCUT2D eigenvalue weighted by atomic mass is 10.1. The molecular weight excluding hydrogens is 325 g/mol. The first-order valence-corrected chi connectivity index (χ1v) is 8.01. The molecule has 25 heavy (non-hydrogen) atoms. The van der Waals surface area contributed by atoms with Gasteiger partial charge in [-0.2, -0.15) is 0 Å². The van der Waals surface area contributed by atoms with Gasteiger partial charge in [-0.05, 0) is 30.7 Å². The number of piperazine rings is 1. The van der Waals surface area contributed by atoms with Crippen LogP contribution in [0.1, 0.15) is 15.9 Å². The Labute approximate surface area is 144 Å². The monoisotopic (exact) mass is 343 g/mol. The maximum absolute atomic E-state index is 13.7. The van der Waals surface area contributed by atoms with Crippen molar-refractivity contribution in [3.05, 3.63) is 69.5 Å². The zero-order valence-electron chi connectivity index (χ0n) is 13.8. The first-order valence-electron chi connectivity index (χ1n) is 8.01. The molecule has 0 atom stereocenters. The van der Waals surface area contributed by atoms with Crippen molar-refractivity contribution in [2.45, 2.75) is 6.92 Å². The minimum absolute atomic E-state index is 0.0582. The number of aryl methyl sites for hydroxylation is 1. The topological polar surface area (TPSA) is 66.7 Å². The molecule has 0 radical (unpaired) electrons. The summed E-state index contributed by atoms with van der Waals surface area (Å²) in [5, 5.41) is 11.2. The van der Waals surface area contributed by atoms with Crippen LogP contribution in [-0.4, -0.2) is 41.9 Å². The van der Waals surface area contributed by atoms with Gasteiger partial charge >= 0.3 is 0 Å². The third-order valence-electron chi connectivity index (χ3n) is 4.40. The lowest BCUT2D eigenvalue weighted by Gasteiger charge is -2.35. The number of para-hydroxylation sites is 2. The van der Waals surface area contributed by atoms with Gasteiger partial charge in [0.1, 0.15) is 11.5 Å². The van der Waals surface area contributed by atoms with Gasteiger partial charge in [-0.3, -0.25) is 14.9 Å². The van der Waals surface area contributed by atoms with E-state index in [-0.39, 0.29) is 11.6 Å². The van der Waals surface area contributed by atoms with Crippen molar-refractivity contribution < 1.29 is 14.1 Å². The third-order valence-corrected chi connectivity index (χ3v) is 4.40. The minimum atomic E-state index is -0.401. The molecule has 0 saturated carbocycles. The number of hydrogen-bond acceptors (Lipinski definition) is 4. The lowest BCUT2D eigenvalue weighted by Crippen LogP contribution is -2.49. The molecule has 2 aromatic carbocycles. The fraction of sp³-hybridized carbons (Fsp3) is 0.278. The molecule has 1 amide bonds. The van der Waals surface area contributed by atoms with Crippen LogP contribution in [0, 0.1) is 22.9 Å². The van der Waals surface area contributed by atoms with Gasteiger partial charge in [-0.1, -0.05) is 18.2 Å². The maximum atomic E-state index is 13.7. The molecule has 2 aromatic rings. The van der Waals surface area contributed by atoms with Gasteiger partial charge < -0.3 is 9.80 Å². The van der Waals surface area contributed by atoms with Gasteiger partial charge in [0.2, 0.25) is 0 Å². The van der Waals surface area contributed by atoms with Crippen LogP contribution in [0.25, 0.3) is 0 Å². The Kier molecular flexibility index (Phi) is 4.65. The third kappa shape index (κ3) is 3.45. The van der Waals surface area contributed by atoms with E-state index in [1.807, 2.05) is 4.90 Å². The average molecular weight is 343 g/mol. The number of hydrogen-bond donors (Lipinski definition) is 0. The molecule has 1 saturated heterocycles. The van der Waals surface area contributed by atoms with Crippen LogP contribution in [-0.2, 0) is 0 Å². The highest BCUT2D eigenvalue weighted by molar-refractivity contribution is 5.94. The molecule has 3 rings (SSSR count). The molecule has 7 heteroatoms. The summed E-state index contributed by atoms with van der Waals surface area (Å²) in [5.41, 5.74) is 1.43. The highest BCUT2D eigenvalue weighted by Gasteiger charge is 2.26. The van der Waals surface area contributed by atoms with Crippen LogP contribution >= 0.6 is 0 Å². The summed E-state index contributed by atoms with van der Waals surface area (Å²) in [4.78, 5) is 26.8. The van der Waals surface area contributed by atoms with Crippen molar-refractivity contribution in [2.24, 2.45) is 0 Å². The van der Waals surface area contributed by atoms with Crippen molar-refractivity contribution >= 4 is 17.3 Å². The van der Waals surface area contributed by atoms with E-state index in [1.165, 1.54) is 12.1 Å². The fourth-order valence-electron chi connectivity index (χ4n) is 2.94. The first kappa shape index (κ1) is 16.9. The number of nitro benzene ring substituents is 1. The molecule has 1 heterocycles. The molecule has 130 valence electrons. The molecule has 6 nitrogen and oxygen atoms in total. The fourth-order valence-corrected chi connectivity index (χ4v) is 2.94. The van der Waals surface area contributed by atoms with Crippen molar-refractivity contribution in [2.75, 3.05) is 31.1 Å². The van der Waals surface area contributed by atoms with Crippen LogP contribution in [0.5, 0.6) is 0 Å². The minimum Gasteiger partial charge on any atom is -0.362 e. The summed E-state index contributed by atoms with van der Waals surface area (Å²) in [5.74, 6) is -0.620. The second-order valence-corrected chi connectivity index (χ2v) is 5.99. The number of carbonyl (C=O) groups excluding carboxylic acids is 1. The van der Waals surface area contributed by atoms with Crippen LogP contribution < -0.4 is 4.90 Å². The Balaban J connectivity index is 1.71. The molecule has 1 aliphatic heterocycles. The van der Waals surface area contributed by atoms with Gasteiger partial charge in [0.25, 0.3) is 11.6 Å². The van der Waals surface area contributed by atoms with E-state index in [4.69, 9.17) is 0 Å². The average Bonchev–Trinajstić information content (AvgIpc) is 2.63. The van der Waals surface area contributed by atoms with Crippen LogP contribution in [0.2, 0.25) is 0 Å². The summed E-state index contributed by atoms with van der Waals surface area (Å²) >= 11 is 0. The van der Waals surface area contributed by atoms with E-state index in [1.54, 1.807) is 42.2 Å². The van der Waals surface area contributed by atoms with Crippen molar-refractivity contribution in [1.29, 1.82) is 0 Å². The molecule has 0 unspecified atom stereocenters. The Morgan fingerprint density at radius 1 is 1.12 bits per heavy atom. The Bertz CT molecular complexity index is 817. The van der Waals surface area contributed by atoms with E-state index in [0.717, 1.165) is 0 Å². The van der Waals surface area contributed by atoms with Gasteiger partial charge in [0.15, 0.2) is 0 Å². The number of anilines is 1. The van der Waals surface area contributed by atoms with Crippen molar-refractivity contribution in [3.8, 4) is 0 Å². The van der Waals surface area contributed by atoms with E-state index in [0.29, 0.717) is 43.0 Å². The molecule has 1 fully saturated rings. The Morgan fingerprint density at radius 2 is 1.80 bits per heavy atom. The standard InChI is InChI=1S/C18H18FN3O3/c1-13-6-7-14(12-15(13)19)18(23)21-10-8-20(9-11-21)16-4-2-3-5-17(16)22(24)25/h2-7,12H,8-11H2,1H3. The summed E-state index contributed by atoms with van der Waals surface area (Å²) in [6.45, 7) is 3.49. The molecule has 0 bridgehead atoms. The molecule has 0 N–H and O–H groups in total. The number of carbonyl (C=O) groups is 1.